The van der Waals surface area contributed by atoms with Crippen LogP contribution in [0.2, 0.25) is 0 Å². The molecule has 0 aromatic heterocycles. The topological polar surface area (TPSA) is 71.0 Å². The lowest BCUT2D eigenvalue weighted by Gasteiger charge is -2.31. The molecule has 2 aromatic rings. The first kappa shape index (κ1) is 21.0. The molecule has 1 aliphatic heterocycles. The molecule has 1 saturated heterocycles. The van der Waals surface area contributed by atoms with Gasteiger partial charge in [0.1, 0.15) is 0 Å². The second-order valence-corrected chi connectivity index (χ2v) is 6.74. The van der Waals surface area contributed by atoms with Crippen LogP contribution in [-0.2, 0) is 11.3 Å². The van der Waals surface area contributed by atoms with Crippen LogP contribution in [0, 0.1) is 11.6 Å². The number of benzene rings is 2. The Morgan fingerprint density at radius 2 is 1.83 bits per heavy atom. The summed E-state index contributed by atoms with van der Waals surface area (Å²) in [7, 11) is 0. The summed E-state index contributed by atoms with van der Waals surface area (Å²) in [5, 5.41) is 11.6. The van der Waals surface area contributed by atoms with Gasteiger partial charge < -0.3 is 24.8 Å². The standard InChI is InChI=1S/C21H24F2N2O4/c22-17-3-1-2-4-19(17)29-20-6-5-15(13-18(20)23)14-24-21(27)25-9-7-16(8-10-25)28-12-11-26/h1-6,13,16,26H,7-12,14H2,(H,24,27). The molecule has 2 aromatic carbocycles. The van der Waals surface area contributed by atoms with Crippen LogP contribution in [0.3, 0.4) is 0 Å². The van der Waals surface area contributed by atoms with E-state index in [1.54, 1.807) is 17.0 Å². The lowest BCUT2D eigenvalue weighted by molar-refractivity contribution is -0.00168. The van der Waals surface area contributed by atoms with Gasteiger partial charge in [-0.15, -0.1) is 0 Å². The number of para-hydroxylation sites is 1. The summed E-state index contributed by atoms with van der Waals surface area (Å²) in [6.45, 7) is 1.58. The maximum atomic E-state index is 14.3. The molecule has 0 atom stereocenters. The highest BCUT2D eigenvalue weighted by molar-refractivity contribution is 5.74. The number of ether oxygens (including phenoxy) is 2. The summed E-state index contributed by atoms with van der Waals surface area (Å²) < 4.78 is 38.7. The molecule has 1 aliphatic rings. The molecule has 29 heavy (non-hydrogen) atoms. The minimum Gasteiger partial charge on any atom is -0.451 e. The van der Waals surface area contributed by atoms with Crippen molar-refractivity contribution >= 4 is 6.03 Å². The number of urea groups is 1. The quantitative estimate of drug-likeness (QED) is 0.739. The van der Waals surface area contributed by atoms with Gasteiger partial charge in [0.05, 0.1) is 19.3 Å². The van der Waals surface area contributed by atoms with Crippen molar-refractivity contribution in [1.82, 2.24) is 10.2 Å². The molecule has 3 rings (SSSR count). The number of piperidine rings is 1. The number of amides is 2. The largest absolute Gasteiger partial charge is 0.451 e. The Balaban J connectivity index is 1.49. The van der Waals surface area contributed by atoms with Crippen molar-refractivity contribution in [2.24, 2.45) is 0 Å². The van der Waals surface area contributed by atoms with E-state index < -0.39 is 11.6 Å². The maximum Gasteiger partial charge on any atom is 0.317 e. The van der Waals surface area contributed by atoms with Crippen LogP contribution < -0.4 is 10.1 Å². The molecule has 2 amide bonds. The number of hydrogen-bond acceptors (Lipinski definition) is 4. The molecule has 0 saturated carbocycles. The van der Waals surface area contributed by atoms with E-state index in [0.29, 0.717) is 38.1 Å². The zero-order chi connectivity index (χ0) is 20.6. The van der Waals surface area contributed by atoms with Gasteiger partial charge in [0.2, 0.25) is 0 Å². The molecule has 0 spiro atoms. The highest BCUT2D eigenvalue weighted by atomic mass is 19.1. The zero-order valence-electron chi connectivity index (χ0n) is 15.9. The predicted octanol–water partition coefficient (Wildman–Crippen LogP) is 3.44. The first-order chi connectivity index (χ1) is 14.1. The molecule has 1 fully saturated rings. The van der Waals surface area contributed by atoms with Crippen molar-refractivity contribution in [3.8, 4) is 11.5 Å². The maximum absolute atomic E-state index is 14.3. The van der Waals surface area contributed by atoms with Crippen LogP contribution >= 0.6 is 0 Å². The fourth-order valence-corrected chi connectivity index (χ4v) is 3.12. The van der Waals surface area contributed by atoms with Crippen LogP contribution in [0.4, 0.5) is 13.6 Å². The van der Waals surface area contributed by atoms with Gasteiger partial charge in [-0.05, 0) is 42.7 Å². The Morgan fingerprint density at radius 1 is 1.10 bits per heavy atom. The number of aliphatic hydroxyl groups excluding tert-OH is 1. The Kier molecular flexibility index (Phi) is 7.37. The number of likely N-dealkylation sites (tertiary alicyclic amines) is 1. The van der Waals surface area contributed by atoms with Crippen LogP contribution in [-0.4, -0.2) is 48.4 Å². The summed E-state index contributed by atoms with van der Waals surface area (Å²) in [6, 6.07) is 9.83. The Hall–Kier alpha value is -2.71. The first-order valence-corrected chi connectivity index (χ1v) is 9.53. The van der Waals surface area contributed by atoms with E-state index in [4.69, 9.17) is 14.6 Å². The fraction of sp³-hybridized carbons (Fsp3) is 0.381. The number of rotatable bonds is 7. The van der Waals surface area contributed by atoms with Crippen molar-refractivity contribution in [1.29, 1.82) is 0 Å². The van der Waals surface area contributed by atoms with Gasteiger partial charge in [0.25, 0.3) is 0 Å². The second-order valence-electron chi connectivity index (χ2n) is 6.74. The normalized spacial score (nSPS) is 14.7. The van der Waals surface area contributed by atoms with Crippen molar-refractivity contribution in [2.45, 2.75) is 25.5 Å². The van der Waals surface area contributed by atoms with Crippen molar-refractivity contribution in [2.75, 3.05) is 26.3 Å². The number of aliphatic hydroxyl groups is 1. The van der Waals surface area contributed by atoms with Gasteiger partial charge >= 0.3 is 6.03 Å². The van der Waals surface area contributed by atoms with E-state index in [1.165, 1.54) is 30.3 Å². The SMILES string of the molecule is O=C(NCc1ccc(Oc2ccccc2F)c(F)c1)N1CCC(OCCO)CC1. The Bertz CT molecular complexity index is 826. The number of nitrogens with one attached hydrogen (secondary N) is 1. The van der Waals surface area contributed by atoms with Crippen molar-refractivity contribution in [3.05, 3.63) is 59.7 Å². The van der Waals surface area contributed by atoms with E-state index in [-0.39, 0.29) is 36.8 Å². The highest BCUT2D eigenvalue weighted by Gasteiger charge is 2.23. The predicted molar refractivity (Wildman–Crippen MR) is 103 cm³/mol. The van der Waals surface area contributed by atoms with Gasteiger partial charge in [0.15, 0.2) is 23.1 Å². The van der Waals surface area contributed by atoms with Crippen molar-refractivity contribution < 1.29 is 28.2 Å². The van der Waals surface area contributed by atoms with Gasteiger partial charge in [0, 0.05) is 19.6 Å². The van der Waals surface area contributed by atoms with Crippen LogP contribution in [0.25, 0.3) is 0 Å². The number of halogens is 2. The summed E-state index contributed by atoms with van der Waals surface area (Å²) in [5.74, 6) is -1.36. The van der Waals surface area contributed by atoms with Gasteiger partial charge in [-0.3, -0.25) is 0 Å². The molecule has 0 aliphatic carbocycles. The molecule has 0 bridgehead atoms. The average molecular weight is 406 g/mol. The smallest absolute Gasteiger partial charge is 0.317 e. The summed E-state index contributed by atoms with van der Waals surface area (Å²) in [6.07, 6.45) is 1.48. The zero-order valence-corrected chi connectivity index (χ0v) is 15.9. The minimum atomic E-state index is -0.637. The van der Waals surface area contributed by atoms with E-state index in [9.17, 15) is 13.6 Å². The van der Waals surface area contributed by atoms with Crippen LogP contribution in [0.1, 0.15) is 18.4 Å². The lowest BCUT2D eigenvalue weighted by atomic mass is 10.1. The first-order valence-electron chi connectivity index (χ1n) is 9.53. The number of nitrogens with zero attached hydrogens (tertiary/aromatic N) is 1. The molecular formula is C21H24F2N2O4. The van der Waals surface area contributed by atoms with E-state index in [2.05, 4.69) is 5.32 Å². The Morgan fingerprint density at radius 3 is 2.52 bits per heavy atom. The second kappa shape index (κ2) is 10.2. The third kappa shape index (κ3) is 5.88. The number of hydrogen-bond donors (Lipinski definition) is 2. The summed E-state index contributed by atoms with van der Waals surface area (Å²) >= 11 is 0. The summed E-state index contributed by atoms with van der Waals surface area (Å²) in [5.41, 5.74) is 0.567. The molecule has 8 heteroatoms. The molecule has 6 nitrogen and oxygen atoms in total. The number of carbonyl (C=O) groups is 1. The fourth-order valence-electron chi connectivity index (χ4n) is 3.12. The average Bonchev–Trinajstić information content (AvgIpc) is 2.74. The van der Waals surface area contributed by atoms with E-state index in [0.717, 1.165) is 0 Å². The molecule has 2 N–H and O–H groups in total. The van der Waals surface area contributed by atoms with Gasteiger partial charge in [-0.1, -0.05) is 18.2 Å². The third-order valence-electron chi connectivity index (χ3n) is 4.67. The molecule has 1 heterocycles. The molecule has 0 unspecified atom stereocenters. The van der Waals surface area contributed by atoms with E-state index in [1.807, 2.05) is 0 Å². The van der Waals surface area contributed by atoms with Gasteiger partial charge in [-0.2, -0.15) is 0 Å². The van der Waals surface area contributed by atoms with Crippen LogP contribution in [0.15, 0.2) is 42.5 Å². The monoisotopic (exact) mass is 406 g/mol. The molecular weight excluding hydrogens is 382 g/mol. The Labute approximate surface area is 168 Å². The molecule has 0 radical (unpaired) electrons. The van der Waals surface area contributed by atoms with Crippen LogP contribution in [0.5, 0.6) is 11.5 Å². The summed E-state index contributed by atoms with van der Waals surface area (Å²) in [4.78, 5) is 14.0. The van der Waals surface area contributed by atoms with Crippen molar-refractivity contribution in [3.63, 3.8) is 0 Å². The molecule has 156 valence electrons. The van der Waals surface area contributed by atoms with Gasteiger partial charge in [-0.25, -0.2) is 13.6 Å². The highest BCUT2D eigenvalue weighted by Crippen LogP contribution is 2.27. The number of carbonyl (C=O) groups excluding carboxylic acids is 1. The minimum absolute atomic E-state index is 0.0125. The lowest BCUT2D eigenvalue weighted by Crippen LogP contribution is -2.45. The third-order valence-corrected chi connectivity index (χ3v) is 4.67. The van der Waals surface area contributed by atoms with E-state index >= 15 is 0 Å².